The van der Waals surface area contributed by atoms with Gasteiger partial charge in [0.2, 0.25) is 5.91 Å². The van der Waals surface area contributed by atoms with Gasteiger partial charge in [-0.2, -0.15) is 0 Å². The zero-order valence-corrected chi connectivity index (χ0v) is 14.1. The van der Waals surface area contributed by atoms with Crippen molar-refractivity contribution in [2.45, 2.75) is 13.0 Å². The third-order valence-corrected chi connectivity index (χ3v) is 4.46. The quantitative estimate of drug-likeness (QED) is 0.665. The number of carbonyl (C=O) groups excluding carboxylic acids is 1. The van der Waals surface area contributed by atoms with Gasteiger partial charge in [-0.3, -0.25) is 4.79 Å². The average molecular weight is 342 g/mol. The number of hydrogen-bond donors (Lipinski definition) is 0. The van der Waals surface area contributed by atoms with E-state index in [1.54, 1.807) is 19.2 Å². The van der Waals surface area contributed by atoms with E-state index in [1.165, 1.54) is 11.0 Å². The van der Waals surface area contributed by atoms with Crippen LogP contribution in [0.5, 0.6) is 0 Å². The third-order valence-electron chi connectivity index (χ3n) is 4.10. The molecule has 3 rings (SSSR count). The van der Waals surface area contributed by atoms with Gasteiger partial charge in [0, 0.05) is 24.2 Å². The van der Waals surface area contributed by atoms with Crippen LogP contribution >= 0.6 is 11.6 Å². The number of halogens is 2. The Labute approximate surface area is 145 Å². The van der Waals surface area contributed by atoms with Crippen LogP contribution in [0.1, 0.15) is 11.1 Å². The van der Waals surface area contributed by atoms with Crippen LogP contribution in [0.25, 0.3) is 10.8 Å². The summed E-state index contributed by atoms with van der Waals surface area (Å²) in [4.78, 5) is 14.0. The van der Waals surface area contributed by atoms with E-state index in [1.807, 2.05) is 42.5 Å². The summed E-state index contributed by atoms with van der Waals surface area (Å²) in [5.74, 6) is -0.474. The molecule has 0 fully saturated rings. The van der Waals surface area contributed by atoms with Gasteiger partial charge in [0.1, 0.15) is 5.82 Å². The van der Waals surface area contributed by atoms with Gasteiger partial charge in [-0.1, -0.05) is 60.1 Å². The van der Waals surface area contributed by atoms with Crippen LogP contribution in [0.15, 0.2) is 60.7 Å². The van der Waals surface area contributed by atoms with Gasteiger partial charge in [0.25, 0.3) is 0 Å². The molecule has 1 amide bonds. The van der Waals surface area contributed by atoms with Crippen LogP contribution in [0, 0.1) is 5.82 Å². The number of fused-ring (bicyclic) bond motifs is 1. The zero-order chi connectivity index (χ0) is 17.1. The molecule has 0 aliphatic carbocycles. The molecule has 122 valence electrons. The molecule has 0 spiro atoms. The fourth-order valence-electron chi connectivity index (χ4n) is 2.75. The zero-order valence-electron chi connectivity index (χ0n) is 13.3. The summed E-state index contributed by atoms with van der Waals surface area (Å²) in [6.45, 7) is 0.148. The summed E-state index contributed by atoms with van der Waals surface area (Å²) in [5.41, 5.74) is 1.30. The first kappa shape index (κ1) is 16.5. The normalized spacial score (nSPS) is 10.8. The summed E-state index contributed by atoms with van der Waals surface area (Å²) in [5, 5.41) is 2.49. The lowest BCUT2D eigenvalue weighted by atomic mass is 10.0. The van der Waals surface area contributed by atoms with Gasteiger partial charge in [0.15, 0.2) is 0 Å². The van der Waals surface area contributed by atoms with Gasteiger partial charge in [-0.25, -0.2) is 4.39 Å². The van der Waals surface area contributed by atoms with Crippen LogP contribution in [0.4, 0.5) is 4.39 Å². The fraction of sp³-hybridized carbons (Fsp3) is 0.150. The highest BCUT2D eigenvalue weighted by atomic mass is 35.5. The van der Waals surface area contributed by atoms with E-state index in [0.29, 0.717) is 10.6 Å². The van der Waals surface area contributed by atoms with Crippen molar-refractivity contribution < 1.29 is 9.18 Å². The predicted molar refractivity (Wildman–Crippen MR) is 95.5 cm³/mol. The minimum Gasteiger partial charge on any atom is -0.341 e. The number of hydrogen-bond acceptors (Lipinski definition) is 1. The molecule has 0 saturated heterocycles. The van der Waals surface area contributed by atoms with Crippen LogP contribution in [-0.4, -0.2) is 17.9 Å². The van der Waals surface area contributed by atoms with E-state index < -0.39 is 5.82 Å². The van der Waals surface area contributed by atoms with Gasteiger partial charge in [0.05, 0.1) is 6.42 Å². The van der Waals surface area contributed by atoms with E-state index in [0.717, 1.165) is 16.3 Å². The van der Waals surface area contributed by atoms with Crippen molar-refractivity contribution in [3.05, 3.63) is 82.6 Å². The van der Waals surface area contributed by atoms with Crippen molar-refractivity contribution in [3.8, 4) is 0 Å². The maximum Gasteiger partial charge on any atom is 0.227 e. The van der Waals surface area contributed by atoms with E-state index in [-0.39, 0.29) is 18.9 Å². The molecule has 24 heavy (non-hydrogen) atoms. The molecular weight excluding hydrogens is 325 g/mol. The summed E-state index contributed by atoms with van der Waals surface area (Å²) in [7, 11) is 1.66. The van der Waals surface area contributed by atoms with Crippen LogP contribution in [-0.2, 0) is 17.8 Å². The first-order valence-corrected chi connectivity index (χ1v) is 8.07. The highest BCUT2D eigenvalue weighted by molar-refractivity contribution is 6.31. The maximum absolute atomic E-state index is 13.9. The van der Waals surface area contributed by atoms with Gasteiger partial charge < -0.3 is 4.90 Å². The number of benzene rings is 3. The topological polar surface area (TPSA) is 20.3 Å². The lowest BCUT2D eigenvalue weighted by Crippen LogP contribution is -2.28. The third kappa shape index (κ3) is 3.41. The molecule has 3 aromatic carbocycles. The molecule has 0 saturated carbocycles. The molecule has 0 bridgehead atoms. The Morgan fingerprint density at radius 3 is 2.54 bits per heavy atom. The Kier molecular flexibility index (Phi) is 4.81. The monoisotopic (exact) mass is 341 g/mol. The molecule has 0 atom stereocenters. The van der Waals surface area contributed by atoms with Crippen molar-refractivity contribution in [1.82, 2.24) is 4.90 Å². The van der Waals surface area contributed by atoms with Crippen molar-refractivity contribution in [2.24, 2.45) is 0 Å². The first-order chi connectivity index (χ1) is 11.6. The molecule has 0 heterocycles. The number of rotatable bonds is 4. The Bertz CT molecular complexity index is 868. The lowest BCUT2D eigenvalue weighted by Gasteiger charge is -2.19. The Morgan fingerprint density at radius 1 is 1.04 bits per heavy atom. The van der Waals surface area contributed by atoms with Crippen LogP contribution in [0.3, 0.4) is 0 Å². The minimum atomic E-state index is -0.396. The number of nitrogens with zero attached hydrogens (tertiary/aromatic N) is 1. The second kappa shape index (κ2) is 7.02. The molecular formula is C20H17ClFNO. The highest BCUT2D eigenvalue weighted by Gasteiger charge is 2.15. The molecule has 4 heteroatoms. The van der Waals surface area contributed by atoms with Gasteiger partial charge in [-0.05, 0) is 28.5 Å². The standard InChI is InChI=1S/C20H17ClFNO/c1-23(13-17-18(21)10-5-11-19(17)22)20(24)12-15-8-4-7-14-6-2-3-9-16(14)15/h2-11H,12-13H2,1H3. The summed E-state index contributed by atoms with van der Waals surface area (Å²) < 4.78 is 13.9. The fourth-order valence-corrected chi connectivity index (χ4v) is 2.98. The Hall–Kier alpha value is -2.39. The maximum atomic E-state index is 13.9. The molecule has 0 radical (unpaired) electrons. The van der Waals surface area contributed by atoms with Crippen molar-refractivity contribution in [2.75, 3.05) is 7.05 Å². The van der Waals surface area contributed by atoms with Crippen LogP contribution in [0.2, 0.25) is 5.02 Å². The molecule has 0 aromatic heterocycles. The van der Waals surface area contributed by atoms with E-state index in [4.69, 9.17) is 11.6 Å². The predicted octanol–water partition coefficient (Wildman–Crippen LogP) is 4.83. The smallest absolute Gasteiger partial charge is 0.227 e. The average Bonchev–Trinajstić information content (AvgIpc) is 2.58. The van der Waals surface area contributed by atoms with E-state index in [9.17, 15) is 9.18 Å². The molecule has 0 unspecified atom stereocenters. The Morgan fingerprint density at radius 2 is 1.75 bits per heavy atom. The van der Waals surface area contributed by atoms with Crippen molar-refractivity contribution >= 4 is 28.3 Å². The van der Waals surface area contributed by atoms with Crippen molar-refractivity contribution in [1.29, 1.82) is 0 Å². The summed E-state index contributed by atoms with van der Waals surface area (Å²) >= 11 is 6.04. The molecule has 0 aliphatic heterocycles. The van der Waals surface area contributed by atoms with Crippen molar-refractivity contribution in [3.63, 3.8) is 0 Å². The second-order valence-electron chi connectivity index (χ2n) is 5.77. The number of carbonyl (C=O) groups is 1. The van der Waals surface area contributed by atoms with Crippen LogP contribution < -0.4 is 0 Å². The molecule has 0 aliphatic rings. The SMILES string of the molecule is CN(Cc1c(F)cccc1Cl)C(=O)Cc1cccc2ccccc12. The number of likely N-dealkylation sites (N-methyl/N-ethyl adjacent to an activating group) is 1. The molecule has 2 nitrogen and oxygen atoms in total. The van der Waals surface area contributed by atoms with Gasteiger partial charge in [-0.15, -0.1) is 0 Å². The highest BCUT2D eigenvalue weighted by Crippen LogP contribution is 2.22. The second-order valence-corrected chi connectivity index (χ2v) is 6.17. The summed E-state index contributed by atoms with van der Waals surface area (Å²) in [6, 6.07) is 18.4. The lowest BCUT2D eigenvalue weighted by molar-refractivity contribution is -0.129. The first-order valence-electron chi connectivity index (χ1n) is 7.70. The van der Waals surface area contributed by atoms with E-state index in [2.05, 4.69) is 0 Å². The largest absolute Gasteiger partial charge is 0.341 e. The van der Waals surface area contributed by atoms with Gasteiger partial charge >= 0.3 is 0 Å². The number of amides is 1. The molecule has 0 N–H and O–H groups in total. The molecule has 3 aromatic rings. The van der Waals surface area contributed by atoms with E-state index >= 15 is 0 Å². The summed E-state index contributed by atoms with van der Waals surface area (Å²) in [6.07, 6.45) is 0.268. The minimum absolute atomic E-state index is 0.0781. The Balaban J connectivity index is 1.79.